The van der Waals surface area contributed by atoms with E-state index in [1.54, 1.807) is 23.1 Å². The smallest absolute Gasteiger partial charge is 0.332 e. The molecule has 1 aliphatic rings. The first kappa shape index (κ1) is 31.0. The van der Waals surface area contributed by atoms with E-state index >= 15 is 0 Å². The summed E-state index contributed by atoms with van der Waals surface area (Å²) in [5.41, 5.74) is 12.5. The van der Waals surface area contributed by atoms with Crippen LogP contribution in [0.3, 0.4) is 0 Å². The number of halogens is 2. The van der Waals surface area contributed by atoms with Crippen molar-refractivity contribution in [3.8, 4) is 0 Å². The molecule has 12 nitrogen and oxygen atoms in total. The number of guanidine groups is 2. The first-order valence-electron chi connectivity index (χ1n) is 11.0. The van der Waals surface area contributed by atoms with Gasteiger partial charge in [-0.25, -0.2) is 4.99 Å². The van der Waals surface area contributed by atoms with Crippen molar-refractivity contribution in [2.45, 2.75) is 44.2 Å². The first-order valence-corrected chi connectivity index (χ1v) is 14.4. The van der Waals surface area contributed by atoms with Crippen LogP contribution in [0.15, 0.2) is 57.3 Å². The molecule has 2 aromatic carbocycles. The molecule has 2 aromatic rings. The number of anilines is 2. The molecule has 1 heterocycles. The van der Waals surface area contributed by atoms with E-state index in [0.717, 1.165) is 17.7 Å². The Morgan fingerprint density at radius 3 is 2.32 bits per heavy atom. The number of aliphatic imine (C=N–C) groups is 2. The second-order valence-electron chi connectivity index (χ2n) is 8.43. The van der Waals surface area contributed by atoms with Gasteiger partial charge < -0.3 is 16.8 Å². The Morgan fingerprint density at radius 2 is 1.79 bits per heavy atom. The molecule has 38 heavy (non-hydrogen) atoms. The highest BCUT2D eigenvalue weighted by molar-refractivity contribution is 7.86. The predicted octanol–water partition coefficient (Wildman–Crippen LogP) is 2.65. The lowest BCUT2D eigenvalue weighted by Gasteiger charge is -2.38. The highest BCUT2D eigenvalue weighted by atomic mass is 35.5. The summed E-state index contributed by atoms with van der Waals surface area (Å²) in [6, 6.07) is 10.2. The van der Waals surface area contributed by atoms with Gasteiger partial charge in [-0.05, 0) is 63.1 Å². The first-order chi connectivity index (χ1) is 17.4. The fourth-order valence-corrected chi connectivity index (χ4v) is 4.10. The summed E-state index contributed by atoms with van der Waals surface area (Å²) in [7, 11) is -8.52. The molecule has 1 amide bonds. The number of amides is 1. The van der Waals surface area contributed by atoms with Gasteiger partial charge in [-0.2, -0.15) is 21.8 Å². The minimum atomic E-state index is -4.86. The van der Waals surface area contributed by atoms with Crippen molar-refractivity contribution in [3.05, 3.63) is 53.1 Å². The third-order valence-corrected chi connectivity index (χ3v) is 6.97. The zero-order chi connectivity index (χ0) is 28.9. The van der Waals surface area contributed by atoms with E-state index in [9.17, 15) is 25.5 Å². The van der Waals surface area contributed by atoms with Crippen molar-refractivity contribution >= 4 is 61.1 Å². The van der Waals surface area contributed by atoms with Crippen LogP contribution in [-0.4, -0.2) is 50.6 Å². The summed E-state index contributed by atoms with van der Waals surface area (Å²) in [6.07, 6.45) is 0.398. The molecule has 0 spiro atoms. The molecular formula is C22H28ClFN6O6S2. The third-order valence-electron chi connectivity index (χ3n) is 5.07. The molecule has 0 unspecified atom stereocenters. The van der Waals surface area contributed by atoms with Crippen molar-refractivity contribution in [2.75, 3.05) is 16.0 Å². The van der Waals surface area contributed by atoms with Crippen LogP contribution in [-0.2, 0) is 31.6 Å². The molecule has 0 aromatic heterocycles. The normalized spacial score (nSPS) is 15.1. The Balaban J connectivity index is 0.000000757. The van der Waals surface area contributed by atoms with Gasteiger partial charge in [0.1, 0.15) is 10.6 Å². The molecule has 1 aliphatic heterocycles. The van der Waals surface area contributed by atoms with Crippen molar-refractivity contribution in [1.29, 1.82) is 0 Å². The molecule has 0 saturated carbocycles. The van der Waals surface area contributed by atoms with Gasteiger partial charge in [-0.1, -0.05) is 23.7 Å². The number of carbonyl (C=O) groups is 1. The number of hydrogen-bond acceptors (Lipinski definition) is 10. The van der Waals surface area contributed by atoms with E-state index in [1.165, 1.54) is 19.1 Å². The van der Waals surface area contributed by atoms with Crippen LogP contribution in [0.2, 0.25) is 5.02 Å². The maximum Gasteiger partial charge on any atom is 0.332 e. The van der Waals surface area contributed by atoms with Gasteiger partial charge >= 0.3 is 10.2 Å². The van der Waals surface area contributed by atoms with Crippen LogP contribution < -0.4 is 21.7 Å². The predicted molar refractivity (Wildman–Crippen MR) is 145 cm³/mol. The lowest BCUT2D eigenvalue weighted by atomic mass is 10.1. The maximum absolute atomic E-state index is 13.1. The Labute approximate surface area is 225 Å². The van der Waals surface area contributed by atoms with E-state index in [4.69, 9.17) is 27.6 Å². The summed E-state index contributed by atoms with van der Waals surface area (Å²) in [5, 5.41) is 2.97. The lowest BCUT2D eigenvalue weighted by molar-refractivity contribution is -0.116. The molecule has 208 valence electrons. The number of rotatable bonds is 7. The summed E-state index contributed by atoms with van der Waals surface area (Å²) in [4.78, 5) is 21.7. The summed E-state index contributed by atoms with van der Waals surface area (Å²) in [6.45, 7) is 5.03. The second kappa shape index (κ2) is 12.1. The van der Waals surface area contributed by atoms with Crippen molar-refractivity contribution in [3.63, 3.8) is 0 Å². The molecule has 6 N–H and O–H groups in total. The summed E-state index contributed by atoms with van der Waals surface area (Å²) < 4.78 is 62.1. The number of hydrogen-bond donors (Lipinski definition) is 4. The topological polar surface area (TPSA) is 198 Å². The van der Waals surface area contributed by atoms with E-state index in [-0.39, 0.29) is 35.7 Å². The van der Waals surface area contributed by atoms with Crippen LogP contribution in [0.1, 0.15) is 32.8 Å². The van der Waals surface area contributed by atoms with Gasteiger partial charge in [0, 0.05) is 22.8 Å². The molecular weight excluding hydrogens is 563 g/mol. The average molecular weight is 591 g/mol. The number of nitrogens with zero attached hydrogens (tertiary/aromatic N) is 3. The SMILES string of the molecule is CC1(C)N=C(N)N=C(N)N1c1ccc(CCC(=O)Nc2cccc(S(=O)(=O)F)c2)c(Cl)c1.CCS(=O)(=O)O. The van der Waals surface area contributed by atoms with E-state index in [0.29, 0.717) is 17.1 Å². The van der Waals surface area contributed by atoms with Crippen LogP contribution in [0.4, 0.5) is 15.3 Å². The van der Waals surface area contributed by atoms with Gasteiger partial charge in [-0.15, -0.1) is 3.89 Å². The van der Waals surface area contributed by atoms with Crippen molar-refractivity contribution in [1.82, 2.24) is 0 Å². The Morgan fingerprint density at radius 1 is 1.16 bits per heavy atom. The minimum Gasteiger partial charge on any atom is -0.369 e. The molecule has 0 radical (unpaired) electrons. The Hall–Kier alpha value is -3.27. The maximum atomic E-state index is 13.1. The zero-order valence-corrected chi connectivity index (χ0v) is 23.1. The van der Waals surface area contributed by atoms with Gasteiger partial charge in [0.2, 0.25) is 17.8 Å². The summed E-state index contributed by atoms with van der Waals surface area (Å²) in [5.74, 6) is -0.306. The monoisotopic (exact) mass is 590 g/mol. The quantitative estimate of drug-likeness (QED) is 0.276. The number of aryl methyl sites for hydroxylation is 1. The zero-order valence-electron chi connectivity index (χ0n) is 20.7. The molecule has 0 bridgehead atoms. The molecule has 3 rings (SSSR count). The minimum absolute atomic E-state index is 0.0747. The Bertz CT molecular complexity index is 1480. The van der Waals surface area contributed by atoms with Crippen molar-refractivity contribution < 1.29 is 30.1 Å². The highest BCUT2D eigenvalue weighted by Gasteiger charge is 2.33. The van der Waals surface area contributed by atoms with Crippen LogP contribution in [0.25, 0.3) is 0 Å². The molecule has 0 fully saturated rings. The van der Waals surface area contributed by atoms with Gasteiger partial charge in [0.25, 0.3) is 10.1 Å². The highest BCUT2D eigenvalue weighted by Crippen LogP contribution is 2.31. The standard InChI is InChI=1S/C20H22ClFN6O3S.C2H6O3S/c1-20(2)27-18(23)26-19(24)28(20)14-8-6-12(16(21)11-14)7-9-17(29)25-13-4-3-5-15(10-13)32(22,30)31;1-2-6(3,4)5/h3-6,8,10-11H,7,9H2,1-2H3,(H,25,29)(H4,23,24,26,27);2H2,1H3,(H,3,4,5). The van der Waals surface area contributed by atoms with Crippen LogP contribution in [0.5, 0.6) is 0 Å². The van der Waals surface area contributed by atoms with Gasteiger partial charge in [0.15, 0.2) is 0 Å². The molecule has 0 saturated heterocycles. The molecule has 16 heteroatoms. The molecule has 0 atom stereocenters. The van der Waals surface area contributed by atoms with Crippen molar-refractivity contribution in [2.24, 2.45) is 21.5 Å². The second-order valence-corrected chi connectivity index (χ2v) is 11.9. The van der Waals surface area contributed by atoms with E-state index in [1.807, 2.05) is 13.8 Å². The average Bonchev–Trinajstić information content (AvgIpc) is 2.77. The van der Waals surface area contributed by atoms with E-state index in [2.05, 4.69) is 15.3 Å². The largest absolute Gasteiger partial charge is 0.369 e. The fourth-order valence-electron chi connectivity index (χ4n) is 3.33. The van der Waals surface area contributed by atoms with Crippen LogP contribution >= 0.6 is 11.6 Å². The third kappa shape index (κ3) is 8.93. The van der Waals surface area contributed by atoms with Gasteiger partial charge in [0.05, 0.1) is 5.75 Å². The lowest BCUT2D eigenvalue weighted by Crippen LogP contribution is -2.54. The number of carbonyl (C=O) groups excluding carboxylic acids is 1. The van der Waals surface area contributed by atoms with E-state index < -0.39 is 30.9 Å². The fraction of sp³-hybridized carbons (Fsp3) is 0.318. The van der Waals surface area contributed by atoms with Crippen LogP contribution in [0, 0.1) is 0 Å². The number of nitrogens with one attached hydrogen (secondary N) is 1. The number of nitrogens with two attached hydrogens (primary N) is 2. The van der Waals surface area contributed by atoms with Gasteiger partial charge in [-0.3, -0.25) is 14.2 Å². The summed E-state index contributed by atoms with van der Waals surface area (Å²) >= 11 is 6.42. The Kier molecular flexibility index (Phi) is 9.83. The molecule has 0 aliphatic carbocycles. The number of benzene rings is 2.